The summed E-state index contributed by atoms with van der Waals surface area (Å²) in [5.74, 6) is 1.81. The Labute approximate surface area is 181 Å². The molecule has 2 rings (SSSR count). The van der Waals surface area contributed by atoms with Gasteiger partial charge < -0.3 is 0 Å². The first-order valence-corrected chi connectivity index (χ1v) is 11.4. The standard InChI is InChI=1S/C20H20N2O6S2/c23-19(15-5-3-7-17(11-15)21(25)26)13-29-9-1-2-10-30-14-20(24)16-6-4-8-18(12-16)22(27)28/h3-8,11-12H,1-2,9-10,13-14H2. The predicted octanol–water partition coefficient (Wildman–Crippen LogP) is 4.82. The van der Waals surface area contributed by atoms with Crippen molar-refractivity contribution in [1.29, 1.82) is 0 Å². The summed E-state index contributed by atoms with van der Waals surface area (Å²) in [7, 11) is 0. The predicted molar refractivity (Wildman–Crippen MR) is 119 cm³/mol. The minimum atomic E-state index is -0.522. The normalized spacial score (nSPS) is 10.5. The van der Waals surface area contributed by atoms with Crippen LogP contribution in [-0.4, -0.2) is 44.4 Å². The van der Waals surface area contributed by atoms with Gasteiger partial charge in [0.25, 0.3) is 11.4 Å². The molecule has 2 aromatic carbocycles. The van der Waals surface area contributed by atoms with Gasteiger partial charge in [-0.15, -0.1) is 0 Å². The lowest BCUT2D eigenvalue weighted by Crippen LogP contribution is -2.04. The summed E-state index contributed by atoms with van der Waals surface area (Å²) in [5, 5.41) is 21.5. The quantitative estimate of drug-likeness (QED) is 0.185. The Morgan fingerprint density at radius 1 is 0.733 bits per heavy atom. The van der Waals surface area contributed by atoms with E-state index in [1.807, 2.05) is 0 Å². The smallest absolute Gasteiger partial charge is 0.270 e. The van der Waals surface area contributed by atoms with E-state index >= 15 is 0 Å². The minimum Gasteiger partial charge on any atom is -0.293 e. The highest BCUT2D eigenvalue weighted by molar-refractivity contribution is 8.00. The van der Waals surface area contributed by atoms with E-state index in [0.29, 0.717) is 11.1 Å². The number of carbonyl (C=O) groups excluding carboxylic acids is 2. The molecule has 10 heteroatoms. The van der Waals surface area contributed by atoms with Crippen molar-refractivity contribution >= 4 is 46.5 Å². The molecule has 2 aromatic rings. The van der Waals surface area contributed by atoms with Gasteiger partial charge in [0.05, 0.1) is 21.4 Å². The van der Waals surface area contributed by atoms with Crippen molar-refractivity contribution in [3.8, 4) is 0 Å². The van der Waals surface area contributed by atoms with Gasteiger partial charge in [0.2, 0.25) is 0 Å². The molecule has 0 aliphatic carbocycles. The number of nitro benzene ring substituents is 2. The molecule has 0 bridgehead atoms. The van der Waals surface area contributed by atoms with Crippen molar-refractivity contribution in [1.82, 2.24) is 0 Å². The van der Waals surface area contributed by atoms with Gasteiger partial charge in [0.1, 0.15) is 0 Å². The number of benzene rings is 2. The molecule has 0 saturated carbocycles. The lowest BCUT2D eigenvalue weighted by Gasteiger charge is -2.03. The van der Waals surface area contributed by atoms with Crippen molar-refractivity contribution in [2.75, 3.05) is 23.0 Å². The van der Waals surface area contributed by atoms with Crippen LogP contribution in [0.25, 0.3) is 0 Å². The van der Waals surface area contributed by atoms with Crippen molar-refractivity contribution in [2.45, 2.75) is 12.8 Å². The van der Waals surface area contributed by atoms with Gasteiger partial charge in [-0.1, -0.05) is 24.3 Å². The fourth-order valence-electron chi connectivity index (χ4n) is 2.49. The van der Waals surface area contributed by atoms with Crippen LogP contribution in [0.5, 0.6) is 0 Å². The maximum atomic E-state index is 12.1. The molecule has 158 valence electrons. The molecule has 0 fully saturated rings. The van der Waals surface area contributed by atoms with Gasteiger partial charge >= 0.3 is 0 Å². The van der Waals surface area contributed by atoms with Crippen molar-refractivity contribution in [3.63, 3.8) is 0 Å². The third-order valence-corrected chi connectivity index (χ3v) is 6.14. The minimum absolute atomic E-state index is 0.0949. The van der Waals surface area contributed by atoms with Gasteiger partial charge in [0, 0.05) is 35.4 Å². The molecule has 0 atom stereocenters. The first kappa shape index (κ1) is 23.6. The van der Waals surface area contributed by atoms with Crippen LogP contribution in [0.3, 0.4) is 0 Å². The van der Waals surface area contributed by atoms with Gasteiger partial charge in [0.15, 0.2) is 11.6 Å². The molecule has 8 nitrogen and oxygen atoms in total. The highest BCUT2D eigenvalue weighted by Crippen LogP contribution is 2.18. The number of carbonyl (C=O) groups is 2. The van der Waals surface area contributed by atoms with Crippen LogP contribution in [-0.2, 0) is 0 Å². The number of rotatable bonds is 13. The topological polar surface area (TPSA) is 120 Å². The Balaban J connectivity index is 1.60. The van der Waals surface area contributed by atoms with E-state index in [4.69, 9.17) is 0 Å². The molecule has 0 aliphatic rings. The Hall–Kier alpha value is -2.72. The molecule has 30 heavy (non-hydrogen) atoms. The fraction of sp³-hybridized carbons (Fsp3) is 0.300. The monoisotopic (exact) mass is 448 g/mol. The van der Waals surface area contributed by atoms with Crippen LogP contribution < -0.4 is 0 Å². The summed E-state index contributed by atoms with van der Waals surface area (Å²) in [6, 6.07) is 11.4. The fourth-order valence-corrected chi connectivity index (χ4v) is 4.30. The van der Waals surface area contributed by atoms with E-state index in [1.165, 1.54) is 59.9 Å². The summed E-state index contributed by atoms with van der Waals surface area (Å²) >= 11 is 2.95. The number of nitro groups is 2. The lowest BCUT2D eigenvalue weighted by molar-refractivity contribution is -0.385. The molecule has 0 radical (unpaired) electrons. The molecule has 0 heterocycles. The maximum absolute atomic E-state index is 12.1. The van der Waals surface area contributed by atoms with Crippen LogP contribution >= 0.6 is 23.5 Å². The molecular weight excluding hydrogens is 428 g/mol. The van der Waals surface area contributed by atoms with Crippen LogP contribution in [0.4, 0.5) is 11.4 Å². The van der Waals surface area contributed by atoms with Gasteiger partial charge in [-0.2, -0.15) is 23.5 Å². The Morgan fingerprint density at radius 3 is 1.50 bits per heavy atom. The summed E-state index contributed by atoms with van der Waals surface area (Å²) in [4.78, 5) is 44.7. The summed E-state index contributed by atoms with van der Waals surface area (Å²) in [5.41, 5.74) is 0.490. The van der Waals surface area contributed by atoms with Crippen LogP contribution in [0.2, 0.25) is 0 Å². The molecule has 0 aromatic heterocycles. The summed E-state index contributed by atoms with van der Waals surface area (Å²) in [6.45, 7) is 0. The molecule has 0 aliphatic heterocycles. The van der Waals surface area contributed by atoms with E-state index in [9.17, 15) is 29.8 Å². The van der Waals surface area contributed by atoms with E-state index in [0.717, 1.165) is 24.3 Å². The Bertz CT molecular complexity index is 860. The van der Waals surface area contributed by atoms with Gasteiger partial charge in [-0.05, 0) is 24.3 Å². The third kappa shape index (κ3) is 7.60. The second-order valence-corrected chi connectivity index (χ2v) is 8.48. The van der Waals surface area contributed by atoms with E-state index < -0.39 is 9.85 Å². The summed E-state index contributed by atoms with van der Waals surface area (Å²) in [6.07, 6.45) is 1.76. The van der Waals surface area contributed by atoms with Crippen LogP contribution in [0.1, 0.15) is 33.6 Å². The molecule has 0 amide bonds. The zero-order valence-corrected chi connectivity index (χ0v) is 17.7. The molecule has 0 N–H and O–H groups in total. The van der Waals surface area contributed by atoms with Crippen LogP contribution in [0, 0.1) is 20.2 Å². The van der Waals surface area contributed by atoms with Crippen molar-refractivity contribution < 1.29 is 19.4 Å². The van der Waals surface area contributed by atoms with Gasteiger partial charge in [-0.3, -0.25) is 29.8 Å². The first-order chi connectivity index (χ1) is 14.4. The number of non-ortho nitro benzene ring substituents is 2. The second-order valence-electron chi connectivity index (χ2n) is 6.27. The third-order valence-electron chi connectivity index (χ3n) is 4.05. The average Bonchev–Trinajstić information content (AvgIpc) is 2.75. The number of hydrogen-bond donors (Lipinski definition) is 0. The summed E-state index contributed by atoms with van der Waals surface area (Å²) < 4.78 is 0. The Kier molecular flexibility index (Phi) is 9.49. The van der Waals surface area contributed by atoms with E-state index in [2.05, 4.69) is 0 Å². The number of thioether (sulfide) groups is 2. The number of Topliss-reactive ketones (excluding diaryl/α,β-unsaturated/α-hetero) is 2. The van der Waals surface area contributed by atoms with E-state index in [-0.39, 0.29) is 34.4 Å². The largest absolute Gasteiger partial charge is 0.293 e. The number of ketones is 2. The number of nitrogens with zero attached hydrogens (tertiary/aromatic N) is 2. The average molecular weight is 449 g/mol. The maximum Gasteiger partial charge on any atom is 0.270 e. The Morgan fingerprint density at radius 2 is 1.13 bits per heavy atom. The molecule has 0 unspecified atom stereocenters. The number of unbranched alkanes of at least 4 members (excludes halogenated alkanes) is 1. The van der Waals surface area contributed by atoms with Crippen molar-refractivity contribution in [3.05, 3.63) is 79.9 Å². The second kappa shape index (κ2) is 12.1. The number of hydrogen-bond acceptors (Lipinski definition) is 8. The highest BCUT2D eigenvalue weighted by atomic mass is 32.2. The highest BCUT2D eigenvalue weighted by Gasteiger charge is 2.12. The molecule has 0 spiro atoms. The zero-order chi connectivity index (χ0) is 21.9. The van der Waals surface area contributed by atoms with E-state index in [1.54, 1.807) is 12.1 Å². The first-order valence-electron chi connectivity index (χ1n) is 9.09. The molecule has 0 saturated heterocycles. The lowest BCUT2D eigenvalue weighted by atomic mass is 10.1. The van der Waals surface area contributed by atoms with Gasteiger partial charge in [-0.25, -0.2) is 0 Å². The zero-order valence-electron chi connectivity index (χ0n) is 16.0. The van der Waals surface area contributed by atoms with Crippen LogP contribution in [0.15, 0.2) is 48.5 Å². The molecular formula is C20H20N2O6S2. The van der Waals surface area contributed by atoms with Crippen molar-refractivity contribution in [2.24, 2.45) is 0 Å². The SMILES string of the molecule is O=C(CSCCCCSCC(=O)c1cccc([N+](=O)[O-])c1)c1cccc([N+](=O)[O-])c1.